The van der Waals surface area contributed by atoms with Crippen molar-refractivity contribution in [2.75, 3.05) is 5.75 Å². The third-order valence-corrected chi connectivity index (χ3v) is 4.61. The number of rotatable bonds is 5. The number of carbonyl (C=O) groups is 2. The van der Waals surface area contributed by atoms with E-state index >= 15 is 0 Å². The van der Waals surface area contributed by atoms with Gasteiger partial charge in [0.15, 0.2) is 0 Å². The molecule has 1 fully saturated rings. The fourth-order valence-corrected chi connectivity index (χ4v) is 3.61. The van der Waals surface area contributed by atoms with E-state index in [9.17, 15) is 9.59 Å². The molecule has 1 amide bonds. The summed E-state index contributed by atoms with van der Waals surface area (Å²) in [6.07, 6.45) is 4.42. The van der Waals surface area contributed by atoms with Crippen LogP contribution >= 0.6 is 11.8 Å². The molecule has 2 rings (SSSR count). The first-order valence-electron chi connectivity index (χ1n) is 6.72. The van der Waals surface area contributed by atoms with Crippen molar-refractivity contribution >= 4 is 23.6 Å². The first-order chi connectivity index (χ1) is 9.61. The maximum Gasteiger partial charge on any atom is 0.338 e. The maximum absolute atomic E-state index is 12.1. The number of hydrogen-bond donors (Lipinski definition) is 2. The van der Waals surface area contributed by atoms with Crippen LogP contribution in [0.25, 0.3) is 0 Å². The highest BCUT2D eigenvalue weighted by Crippen LogP contribution is 2.29. The minimum atomic E-state index is -1.13. The van der Waals surface area contributed by atoms with Crippen LogP contribution in [0.15, 0.2) is 18.3 Å². The average molecular weight is 294 g/mol. The number of nitrogens with one attached hydrogen (secondary N) is 1. The van der Waals surface area contributed by atoms with Crippen LogP contribution in [0.3, 0.4) is 0 Å². The van der Waals surface area contributed by atoms with E-state index in [0.29, 0.717) is 5.25 Å². The van der Waals surface area contributed by atoms with Crippen molar-refractivity contribution in [3.63, 3.8) is 0 Å². The van der Waals surface area contributed by atoms with Crippen LogP contribution in [-0.2, 0) is 0 Å². The number of carbonyl (C=O) groups excluding carboxylic acids is 1. The summed E-state index contributed by atoms with van der Waals surface area (Å²) in [6, 6.07) is 3.04. The van der Waals surface area contributed by atoms with Crippen LogP contribution in [0, 0.1) is 0 Å². The summed E-state index contributed by atoms with van der Waals surface area (Å²) in [5.74, 6) is -0.446. The Labute approximate surface area is 122 Å². The molecule has 0 aliphatic heterocycles. The molecule has 0 aromatic carbocycles. The van der Waals surface area contributed by atoms with E-state index in [1.54, 1.807) is 0 Å². The smallest absolute Gasteiger partial charge is 0.338 e. The second-order valence-electron chi connectivity index (χ2n) is 4.77. The van der Waals surface area contributed by atoms with Gasteiger partial charge in [0.2, 0.25) is 0 Å². The van der Waals surface area contributed by atoms with Gasteiger partial charge in [0, 0.05) is 17.5 Å². The van der Waals surface area contributed by atoms with Crippen LogP contribution in [0.4, 0.5) is 0 Å². The first kappa shape index (κ1) is 14.8. The van der Waals surface area contributed by atoms with Crippen molar-refractivity contribution in [3.8, 4) is 0 Å². The minimum absolute atomic E-state index is 0.00778. The molecule has 0 spiro atoms. The standard InChI is InChI=1S/C14H18N2O3S/c1-2-20-10-6-5-9(8-10)16-13(17)12-11(14(18)19)4-3-7-15-12/h3-4,7,9-10H,2,5-6,8H2,1H3,(H,16,17)(H,18,19). The summed E-state index contributed by atoms with van der Waals surface area (Å²) < 4.78 is 0. The Morgan fingerprint density at radius 1 is 1.50 bits per heavy atom. The topological polar surface area (TPSA) is 79.3 Å². The molecule has 6 heteroatoms. The van der Waals surface area contributed by atoms with Crippen LogP contribution in [0.2, 0.25) is 0 Å². The number of aromatic carboxylic acids is 1. The van der Waals surface area contributed by atoms with Gasteiger partial charge in [0.25, 0.3) is 5.91 Å². The van der Waals surface area contributed by atoms with Gasteiger partial charge in [0.05, 0.1) is 5.56 Å². The van der Waals surface area contributed by atoms with Crippen molar-refractivity contribution in [2.24, 2.45) is 0 Å². The van der Waals surface area contributed by atoms with Gasteiger partial charge in [-0.25, -0.2) is 4.79 Å². The molecule has 1 saturated carbocycles. The lowest BCUT2D eigenvalue weighted by Gasteiger charge is -2.13. The molecule has 2 unspecified atom stereocenters. The third-order valence-electron chi connectivity index (χ3n) is 3.38. The SMILES string of the molecule is CCSC1CCC(NC(=O)c2ncccc2C(=O)O)C1. The molecule has 2 atom stereocenters. The van der Waals surface area contributed by atoms with Gasteiger partial charge in [0.1, 0.15) is 5.69 Å². The lowest BCUT2D eigenvalue weighted by molar-refractivity contribution is 0.0689. The Morgan fingerprint density at radius 2 is 2.30 bits per heavy atom. The fourth-order valence-electron chi connectivity index (χ4n) is 2.47. The molecule has 0 bridgehead atoms. The van der Waals surface area contributed by atoms with E-state index in [4.69, 9.17) is 5.11 Å². The van der Waals surface area contributed by atoms with Crippen LogP contribution in [-0.4, -0.2) is 39.0 Å². The first-order valence-corrected chi connectivity index (χ1v) is 7.77. The number of thioether (sulfide) groups is 1. The average Bonchev–Trinajstić information content (AvgIpc) is 2.86. The van der Waals surface area contributed by atoms with Crippen LogP contribution in [0.5, 0.6) is 0 Å². The number of hydrogen-bond acceptors (Lipinski definition) is 4. The van der Waals surface area contributed by atoms with Gasteiger partial charge in [-0.05, 0) is 37.1 Å². The molecule has 1 aliphatic carbocycles. The summed E-state index contributed by atoms with van der Waals surface area (Å²) in [4.78, 5) is 27.1. The molecule has 1 heterocycles. The highest BCUT2D eigenvalue weighted by Gasteiger charge is 2.27. The fraction of sp³-hybridized carbons (Fsp3) is 0.500. The van der Waals surface area contributed by atoms with Crippen molar-refractivity contribution < 1.29 is 14.7 Å². The normalized spacial score (nSPS) is 21.6. The summed E-state index contributed by atoms with van der Waals surface area (Å²) in [5, 5.41) is 12.6. The Bertz CT molecular complexity index is 507. The van der Waals surface area contributed by atoms with Gasteiger partial charge >= 0.3 is 5.97 Å². The summed E-state index contributed by atoms with van der Waals surface area (Å²) in [6.45, 7) is 2.13. The van der Waals surface area contributed by atoms with Crippen molar-refractivity contribution in [2.45, 2.75) is 37.5 Å². The largest absolute Gasteiger partial charge is 0.478 e. The van der Waals surface area contributed by atoms with Gasteiger partial charge in [-0.1, -0.05) is 6.92 Å². The third kappa shape index (κ3) is 3.50. The molecule has 1 aromatic rings. The van der Waals surface area contributed by atoms with E-state index in [-0.39, 0.29) is 17.3 Å². The predicted octanol–water partition coefficient (Wildman–Crippen LogP) is 2.18. The highest BCUT2D eigenvalue weighted by molar-refractivity contribution is 7.99. The number of aromatic nitrogens is 1. The summed E-state index contributed by atoms with van der Waals surface area (Å²) in [5.41, 5.74) is -0.0610. The van der Waals surface area contributed by atoms with E-state index in [1.165, 1.54) is 18.3 Å². The molecule has 0 saturated heterocycles. The van der Waals surface area contributed by atoms with Crippen LogP contribution < -0.4 is 5.32 Å². The van der Waals surface area contributed by atoms with Gasteiger partial charge in [-0.2, -0.15) is 11.8 Å². The molecule has 5 nitrogen and oxygen atoms in total. The Balaban J connectivity index is 2.01. The second-order valence-corrected chi connectivity index (χ2v) is 6.34. The quantitative estimate of drug-likeness (QED) is 0.870. The molecule has 2 N–H and O–H groups in total. The van der Waals surface area contributed by atoms with Gasteiger partial charge in [-0.15, -0.1) is 0 Å². The molecule has 108 valence electrons. The van der Waals surface area contributed by atoms with E-state index < -0.39 is 11.9 Å². The Hall–Kier alpha value is -1.56. The number of nitrogens with zero attached hydrogens (tertiary/aromatic N) is 1. The Morgan fingerprint density at radius 3 is 3.00 bits per heavy atom. The minimum Gasteiger partial charge on any atom is -0.478 e. The predicted molar refractivity (Wildman–Crippen MR) is 78.2 cm³/mol. The van der Waals surface area contributed by atoms with Crippen molar-refractivity contribution in [3.05, 3.63) is 29.6 Å². The number of carboxylic acids is 1. The number of pyridine rings is 1. The number of amides is 1. The molecule has 1 aromatic heterocycles. The zero-order valence-corrected chi connectivity index (χ0v) is 12.2. The zero-order valence-electron chi connectivity index (χ0n) is 11.3. The monoisotopic (exact) mass is 294 g/mol. The van der Waals surface area contributed by atoms with Crippen molar-refractivity contribution in [1.29, 1.82) is 0 Å². The summed E-state index contributed by atoms with van der Waals surface area (Å²) >= 11 is 1.91. The second kappa shape index (κ2) is 6.74. The highest BCUT2D eigenvalue weighted by atomic mass is 32.2. The zero-order chi connectivity index (χ0) is 14.5. The van der Waals surface area contributed by atoms with Gasteiger partial charge < -0.3 is 10.4 Å². The number of carboxylic acid groups (broad SMARTS) is 1. The maximum atomic E-state index is 12.1. The molecular weight excluding hydrogens is 276 g/mol. The summed E-state index contributed by atoms with van der Waals surface area (Å²) in [7, 11) is 0. The van der Waals surface area contributed by atoms with E-state index in [1.807, 2.05) is 11.8 Å². The molecule has 20 heavy (non-hydrogen) atoms. The van der Waals surface area contributed by atoms with Gasteiger partial charge in [-0.3, -0.25) is 9.78 Å². The Kier molecular flexibility index (Phi) is 5.00. The lowest BCUT2D eigenvalue weighted by atomic mass is 10.1. The van der Waals surface area contributed by atoms with E-state index in [2.05, 4.69) is 17.2 Å². The molecule has 1 aliphatic rings. The van der Waals surface area contributed by atoms with Crippen LogP contribution in [0.1, 0.15) is 47.0 Å². The van der Waals surface area contributed by atoms with E-state index in [0.717, 1.165) is 25.0 Å². The molecule has 0 radical (unpaired) electrons. The lowest BCUT2D eigenvalue weighted by Crippen LogP contribution is -2.34. The molecular formula is C14H18N2O3S. The van der Waals surface area contributed by atoms with Crippen molar-refractivity contribution in [1.82, 2.24) is 10.3 Å².